The normalized spacial score (nSPS) is 18.4. The van der Waals surface area contributed by atoms with Gasteiger partial charge in [0.25, 0.3) is 0 Å². The molecule has 2 rings (SSSR count). The molecule has 1 aromatic rings. The molecule has 1 saturated carbocycles. The van der Waals surface area contributed by atoms with Crippen LogP contribution in [0.5, 0.6) is 0 Å². The molecule has 3 heteroatoms. The van der Waals surface area contributed by atoms with Gasteiger partial charge in [-0.2, -0.15) is 5.10 Å². The third-order valence-electron chi connectivity index (χ3n) is 3.29. The van der Waals surface area contributed by atoms with Gasteiger partial charge in [0, 0.05) is 18.4 Å². The van der Waals surface area contributed by atoms with Crippen LogP contribution in [0, 0.1) is 11.3 Å². The fourth-order valence-corrected chi connectivity index (χ4v) is 2.03. The summed E-state index contributed by atoms with van der Waals surface area (Å²) in [5, 5.41) is 4.38. The number of aromatic nitrogens is 2. The van der Waals surface area contributed by atoms with Crippen LogP contribution in [0.25, 0.3) is 0 Å². The van der Waals surface area contributed by atoms with E-state index in [2.05, 4.69) is 29.7 Å². The molecule has 15 heavy (non-hydrogen) atoms. The first-order chi connectivity index (χ1) is 7.15. The second-order valence-corrected chi connectivity index (χ2v) is 5.28. The number of rotatable bonds is 5. The first-order valence-electron chi connectivity index (χ1n) is 5.86. The molecule has 0 spiro atoms. The zero-order valence-electron chi connectivity index (χ0n) is 9.74. The van der Waals surface area contributed by atoms with E-state index in [4.69, 9.17) is 5.73 Å². The van der Waals surface area contributed by atoms with Gasteiger partial charge in [0.15, 0.2) is 0 Å². The van der Waals surface area contributed by atoms with E-state index in [1.165, 1.54) is 18.5 Å². The molecule has 1 aliphatic carbocycles. The second-order valence-electron chi connectivity index (χ2n) is 5.28. The Bertz CT molecular complexity index is 323. The summed E-state index contributed by atoms with van der Waals surface area (Å²) >= 11 is 0. The molecule has 0 aromatic carbocycles. The van der Waals surface area contributed by atoms with Crippen molar-refractivity contribution in [3.63, 3.8) is 0 Å². The van der Waals surface area contributed by atoms with Crippen molar-refractivity contribution in [3.8, 4) is 0 Å². The van der Waals surface area contributed by atoms with Gasteiger partial charge < -0.3 is 5.73 Å². The maximum absolute atomic E-state index is 5.81. The first kappa shape index (κ1) is 10.7. The average molecular weight is 207 g/mol. The molecule has 0 bridgehead atoms. The Kier molecular flexibility index (Phi) is 2.83. The van der Waals surface area contributed by atoms with Crippen LogP contribution in [-0.4, -0.2) is 16.3 Å². The van der Waals surface area contributed by atoms with Crippen molar-refractivity contribution in [3.05, 3.63) is 18.0 Å². The van der Waals surface area contributed by atoms with Gasteiger partial charge in [-0.05, 0) is 43.2 Å². The fourth-order valence-electron chi connectivity index (χ4n) is 2.03. The monoisotopic (exact) mass is 207 g/mol. The summed E-state index contributed by atoms with van der Waals surface area (Å²) in [5.74, 6) is 0.650. The summed E-state index contributed by atoms with van der Waals surface area (Å²) in [7, 11) is 0. The SMILES string of the molecule is CC(C)Cn1nccc1CC1(CN)CC1. The van der Waals surface area contributed by atoms with Gasteiger partial charge in [-0.3, -0.25) is 4.68 Å². The van der Waals surface area contributed by atoms with Crippen LogP contribution in [0.3, 0.4) is 0 Å². The van der Waals surface area contributed by atoms with Crippen molar-refractivity contribution in [2.45, 2.75) is 39.7 Å². The van der Waals surface area contributed by atoms with Gasteiger partial charge in [-0.15, -0.1) is 0 Å². The van der Waals surface area contributed by atoms with E-state index >= 15 is 0 Å². The Morgan fingerprint density at radius 1 is 1.53 bits per heavy atom. The molecular formula is C12H21N3. The number of hydrogen-bond acceptors (Lipinski definition) is 2. The van der Waals surface area contributed by atoms with E-state index in [9.17, 15) is 0 Å². The summed E-state index contributed by atoms with van der Waals surface area (Å²) in [6, 6.07) is 2.14. The Hall–Kier alpha value is -0.830. The van der Waals surface area contributed by atoms with Crippen LogP contribution >= 0.6 is 0 Å². The van der Waals surface area contributed by atoms with Crippen LogP contribution < -0.4 is 5.73 Å². The molecule has 0 radical (unpaired) electrons. The minimum absolute atomic E-state index is 0.411. The van der Waals surface area contributed by atoms with Crippen molar-refractivity contribution < 1.29 is 0 Å². The largest absolute Gasteiger partial charge is 0.330 e. The van der Waals surface area contributed by atoms with E-state index < -0.39 is 0 Å². The molecule has 0 unspecified atom stereocenters. The summed E-state index contributed by atoms with van der Waals surface area (Å²) in [6.45, 7) is 6.28. The lowest BCUT2D eigenvalue weighted by atomic mass is 10.0. The maximum atomic E-state index is 5.81. The minimum Gasteiger partial charge on any atom is -0.330 e. The molecule has 0 amide bonds. The second kappa shape index (κ2) is 3.97. The molecular weight excluding hydrogens is 186 g/mol. The van der Waals surface area contributed by atoms with Crippen LogP contribution in [0.1, 0.15) is 32.4 Å². The molecule has 0 atom stereocenters. The molecule has 0 saturated heterocycles. The van der Waals surface area contributed by atoms with Crippen LogP contribution in [-0.2, 0) is 13.0 Å². The average Bonchev–Trinajstić information content (AvgIpc) is 2.84. The Labute approximate surface area is 91.7 Å². The van der Waals surface area contributed by atoms with Gasteiger partial charge in [-0.1, -0.05) is 13.8 Å². The predicted molar refractivity (Wildman–Crippen MR) is 61.5 cm³/mol. The van der Waals surface area contributed by atoms with Crippen LogP contribution in [0.4, 0.5) is 0 Å². The molecule has 0 aliphatic heterocycles. The van der Waals surface area contributed by atoms with Gasteiger partial charge in [-0.25, -0.2) is 0 Å². The van der Waals surface area contributed by atoms with Crippen LogP contribution in [0.2, 0.25) is 0 Å². The predicted octanol–water partition coefficient (Wildman–Crippen LogP) is 1.82. The van der Waals surface area contributed by atoms with Crippen LogP contribution in [0.15, 0.2) is 12.3 Å². The molecule has 84 valence electrons. The van der Waals surface area contributed by atoms with E-state index in [0.717, 1.165) is 19.5 Å². The topological polar surface area (TPSA) is 43.8 Å². The molecule has 1 aromatic heterocycles. The smallest absolute Gasteiger partial charge is 0.0492 e. The Morgan fingerprint density at radius 3 is 2.80 bits per heavy atom. The lowest BCUT2D eigenvalue weighted by molar-refractivity contribution is 0.438. The molecule has 3 nitrogen and oxygen atoms in total. The molecule has 1 aliphatic rings. The van der Waals surface area contributed by atoms with E-state index in [-0.39, 0.29) is 0 Å². The standard InChI is InChI=1S/C12H21N3/c1-10(2)8-15-11(3-6-14-15)7-12(9-13)4-5-12/h3,6,10H,4-5,7-9,13H2,1-2H3. The first-order valence-corrected chi connectivity index (χ1v) is 5.86. The van der Waals surface area contributed by atoms with Gasteiger partial charge in [0.1, 0.15) is 0 Å². The van der Waals surface area contributed by atoms with Crippen molar-refractivity contribution in [1.29, 1.82) is 0 Å². The molecule has 1 heterocycles. The summed E-state index contributed by atoms with van der Waals surface area (Å²) in [4.78, 5) is 0. The zero-order valence-corrected chi connectivity index (χ0v) is 9.74. The lowest BCUT2D eigenvalue weighted by Crippen LogP contribution is -2.20. The van der Waals surface area contributed by atoms with E-state index in [0.29, 0.717) is 11.3 Å². The maximum Gasteiger partial charge on any atom is 0.0492 e. The van der Waals surface area contributed by atoms with Gasteiger partial charge in [0.2, 0.25) is 0 Å². The molecule has 2 N–H and O–H groups in total. The van der Waals surface area contributed by atoms with Gasteiger partial charge >= 0.3 is 0 Å². The molecule has 1 fully saturated rings. The number of hydrogen-bond donors (Lipinski definition) is 1. The third-order valence-corrected chi connectivity index (χ3v) is 3.29. The quantitative estimate of drug-likeness (QED) is 0.800. The summed E-state index contributed by atoms with van der Waals surface area (Å²) in [6.07, 6.45) is 5.59. The summed E-state index contributed by atoms with van der Waals surface area (Å²) in [5.41, 5.74) is 7.57. The summed E-state index contributed by atoms with van der Waals surface area (Å²) < 4.78 is 2.14. The van der Waals surface area contributed by atoms with Crippen molar-refractivity contribution >= 4 is 0 Å². The van der Waals surface area contributed by atoms with Crippen molar-refractivity contribution in [2.24, 2.45) is 17.1 Å². The van der Waals surface area contributed by atoms with Crippen molar-refractivity contribution in [1.82, 2.24) is 9.78 Å². The highest BCUT2D eigenvalue weighted by Crippen LogP contribution is 2.47. The highest BCUT2D eigenvalue weighted by Gasteiger charge is 2.41. The zero-order chi connectivity index (χ0) is 10.9. The minimum atomic E-state index is 0.411. The van der Waals surface area contributed by atoms with E-state index in [1.54, 1.807) is 0 Å². The lowest BCUT2D eigenvalue weighted by Gasteiger charge is -2.14. The van der Waals surface area contributed by atoms with Gasteiger partial charge in [0.05, 0.1) is 0 Å². The fraction of sp³-hybridized carbons (Fsp3) is 0.750. The third kappa shape index (κ3) is 2.40. The highest BCUT2D eigenvalue weighted by atomic mass is 15.3. The number of nitrogens with two attached hydrogens (primary N) is 1. The Morgan fingerprint density at radius 2 is 2.27 bits per heavy atom. The van der Waals surface area contributed by atoms with Crippen molar-refractivity contribution in [2.75, 3.05) is 6.54 Å². The number of nitrogens with zero attached hydrogens (tertiary/aromatic N) is 2. The van der Waals surface area contributed by atoms with E-state index in [1.807, 2.05) is 6.20 Å². The highest BCUT2D eigenvalue weighted by molar-refractivity contribution is 5.09. The Balaban J connectivity index is 2.05.